The van der Waals surface area contributed by atoms with Gasteiger partial charge in [0.15, 0.2) is 0 Å². The second kappa shape index (κ2) is 5.19. The first-order chi connectivity index (χ1) is 10.8. The number of piperidine rings is 1. The average molecular weight is 299 g/mol. The first-order valence-corrected chi connectivity index (χ1v) is 7.80. The van der Waals surface area contributed by atoms with E-state index in [1.165, 1.54) is 5.56 Å². The lowest BCUT2D eigenvalue weighted by Gasteiger charge is -2.24. The molecule has 2 N–H and O–H groups in total. The fourth-order valence-corrected chi connectivity index (χ4v) is 4.09. The van der Waals surface area contributed by atoms with E-state index in [9.17, 15) is 10.2 Å². The highest BCUT2D eigenvalue weighted by Crippen LogP contribution is 2.62. The van der Waals surface area contributed by atoms with Gasteiger partial charge in [0, 0.05) is 37.4 Å². The van der Waals surface area contributed by atoms with Gasteiger partial charge in [-0.1, -0.05) is 18.2 Å². The van der Waals surface area contributed by atoms with Crippen LogP contribution in [0.2, 0.25) is 0 Å². The Morgan fingerprint density at radius 3 is 2.45 bits per heavy atom. The maximum Gasteiger partial charge on any atom is 0.0690 e. The monoisotopic (exact) mass is 299 g/mol. The summed E-state index contributed by atoms with van der Waals surface area (Å²) in [5.41, 5.74) is 2.16. The van der Waals surface area contributed by atoms with Crippen LogP contribution in [0.25, 0.3) is 5.69 Å². The molecule has 4 rings (SSSR count). The van der Waals surface area contributed by atoms with E-state index in [1.807, 2.05) is 23.0 Å². The molecule has 1 aliphatic carbocycles. The third-order valence-electron chi connectivity index (χ3n) is 5.49. The van der Waals surface area contributed by atoms with Crippen molar-refractivity contribution in [2.45, 2.75) is 6.54 Å². The minimum Gasteiger partial charge on any atom is -0.396 e. The van der Waals surface area contributed by atoms with Crippen LogP contribution < -0.4 is 0 Å². The Morgan fingerprint density at radius 1 is 1.09 bits per heavy atom. The van der Waals surface area contributed by atoms with E-state index >= 15 is 0 Å². The first kappa shape index (κ1) is 13.9. The van der Waals surface area contributed by atoms with Crippen molar-refractivity contribution < 1.29 is 10.2 Å². The van der Waals surface area contributed by atoms with Crippen LogP contribution in [0.15, 0.2) is 42.7 Å². The van der Waals surface area contributed by atoms with Crippen LogP contribution in [-0.4, -0.2) is 51.2 Å². The Labute approximate surface area is 129 Å². The number of benzene rings is 1. The van der Waals surface area contributed by atoms with Gasteiger partial charge in [0.25, 0.3) is 0 Å². The largest absolute Gasteiger partial charge is 0.396 e. The van der Waals surface area contributed by atoms with Crippen molar-refractivity contribution in [2.75, 3.05) is 26.3 Å². The summed E-state index contributed by atoms with van der Waals surface area (Å²) >= 11 is 0. The molecule has 1 saturated heterocycles. The summed E-state index contributed by atoms with van der Waals surface area (Å²) in [5.74, 6) is 0.888. The Kier molecular flexibility index (Phi) is 3.29. The van der Waals surface area contributed by atoms with Gasteiger partial charge in [-0.15, -0.1) is 0 Å². The van der Waals surface area contributed by atoms with Gasteiger partial charge >= 0.3 is 0 Å². The number of para-hydroxylation sites is 1. The number of aliphatic hydroxyl groups is 2. The SMILES string of the molecule is OCC1(CO)C2CN(Cc3ccccc3-n3cccn3)CC21. The van der Waals surface area contributed by atoms with Gasteiger partial charge in [-0.05, 0) is 29.5 Å². The summed E-state index contributed by atoms with van der Waals surface area (Å²) in [6.45, 7) is 3.02. The molecule has 22 heavy (non-hydrogen) atoms. The van der Waals surface area contributed by atoms with E-state index in [2.05, 4.69) is 28.2 Å². The van der Waals surface area contributed by atoms with E-state index in [1.54, 1.807) is 6.20 Å². The smallest absolute Gasteiger partial charge is 0.0690 e. The molecule has 1 aromatic carbocycles. The molecule has 2 fully saturated rings. The van der Waals surface area contributed by atoms with E-state index in [0.717, 1.165) is 25.3 Å². The zero-order chi connectivity index (χ0) is 15.2. The predicted molar refractivity (Wildman–Crippen MR) is 82.4 cm³/mol. The zero-order valence-electron chi connectivity index (χ0n) is 12.5. The summed E-state index contributed by atoms with van der Waals surface area (Å²) in [5, 5.41) is 23.4. The van der Waals surface area contributed by atoms with Gasteiger partial charge in [0.2, 0.25) is 0 Å². The minimum atomic E-state index is -0.210. The first-order valence-electron chi connectivity index (χ1n) is 7.80. The summed E-state index contributed by atoms with van der Waals surface area (Å²) in [4.78, 5) is 2.42. The molecule has 2 unspecified atom stereocenters. The fraction of sp³-hybridized carbons (Fsp3) is 0.471. The number of likely N-dealkylation sites (tertiary alicyclic amines) is 1. The number of nitrogens with zero attached hydrogens (tertiary/aromatic N) is 3. The van der Waals surface area contributed by atoms with Gasteiger partial charge in [0.1, 0.15) is 0 Å². The predicted octanol–water partition coefficient (Wildman–Crippen LogP) is 0.905. The van der Waals surface area contributed by atoms with Crippen molar-refractivity contribution in [1.29, 1.82) is 0 Å². The van der Waals surface area contributed by atoms with Gasteiger partial charge in [-0.25, -0.2) is 4.68 Å². The highest BCUT2D eigenvalue weighted by molar-refractivity contribution is 5.40. The van der Waals surface area contributed by atoms with Crippen LogP contribution in [0.4, 0.5) is 0 Å². The Hall–Kier alpha value is -1.69. The van der Waals surface area contributed by atoms with Crippen LogP contribution in [-0.2, 0) is 6.54 Å². The molecular formula is C17H21N3O2. The number of fused-ring (bicyclic) bond motifs is 1. The highest BCUT2D eigenvalue weighted by atomic mass is 16.3. The average Bonchev–Trinajstić information content (AvgIpc) is 3.00. The molecule has 0 spiro atoms. The second-order valence-corrected chi connectivity index (χ2v) is 6.54. The number of hydrogen-bond donors (Lipinski definition) is 2. The molecule has 5 nitrogen and oxygen atoms in total. The van der Waals surface area contributed by atoms with Crippen LogP contribution in [0.1, 0.15) is 5.56 Å². The molecule has 2 aliphatic rings. The van der Waals surface area contributed by atoms with Crippen molar-refractivity contribution in [3.63, 3.8) is 0 Å². The maximum atomic E-state index is 9.52. The Bertz CT molecular complexity index is 638. The second-order valence-electron chi connectivity index (χ2n) is 6.54. The van der Waals surface area contributed by atoms with Crippen molar-refractivity contribution in [3.05, 3.63) is 48.3 Å². The summed E-state index contributed by atoms with van der Waals surface area (Å²) in [6, 6.07) is 10.3. The van der Waals surface area contributed by atoms with Crippen molar-refractivity contribution in [2.24, 2.45) is 17.3 Å². The number of aromatic nitrogens is 2. The van der Waals surface area contributed by atoms with Crippen molar-refractivity contribution in [3.8, 4) is 5.69 Å². The van der Waals surface area contributed by atoms with Gasteiger partial charge in [0.05, 0.1) is 18.9 Å². The molecule has 0 amide bonds. The lowest BCUT2D eigenvalue weighted by atomic mass is 10.0. The van der Waals surface area contributed by atoms with Crippen LogP contribution in [0.3, 0.4) is 0 Å². The van der Waals surface area contributed by atoms with E-state index in [-0.39, 0.29) is 18.6 Å². The molecule has 0 radical (unpaired) electrons. The summed E-state index contributed by atoms with van der Waals surface area (Å²) < 4.78 is 1.90. The van der Waals surface area contributed by atoms with Gasteiger partial charge in [-0.2, -0.15) is 5.10 Å². The molecule has 1 saturated carbocycles. The summed E-state index contributed by atoms with van der Waals surface area (Å²) in [6.07, 6.45) is 3.75. The molecule has 0 bridgehead atoms. The molecule has 116 valence electrons. The Balaban J connectivity index is 1.49. The standard InChI is InChI=1S/C17H21N3O2/c21-11-17(12-22)14-9-19(10-15(14)17)8-13-4-1-2-5-16(13)20-7-3-6-18-20/h1-7,14-15,21-22H,8-12H2. The molecule has 2 heterocycles. The molecule has 2 aromatic rings. The third-order valence-corrected chi connectivity index (χ3v) is 5.49. The number of aliphatic hydroxyl groups excluding tert-OH is 2. The molecule has 1 aliphatic heterocycles. The maximum absolute atomic E-state index is 9.52. The van der Waals surface area contributed by atoms with E-state index < -0.39 is 0 Å². The fourth-order valence-electron chi connectivity index (χ4n) is 4.09. The van der Waals surface area contributed by atoms with Gasteiger partial charge in [-0.3, -0.25) is 4.90 Å². The van der Waals surface area contributed by atoms with Gasteiger partial charge < -0.3 is 10.2 Å². The van der Waals surface area contributed by atoms with Crippen LogP contribution in [0.5, 0.6) is 0 Å². The van der Waals surface area contributed by atoms with E-state index in [0.29, 0.717) is 11.8 Å². The summed E-state index contributed by atoms with van der Waals surface area (Å²) in [7, 11) is 0. The minimum absolute atomic E-state index is 0.108. The van der Waals surface area contributed by atoms with Crippen molar-refractivity contribution >= 4 is 0 Å². The lowest BCUT2D eigenvalue weighted by molar-refractivity contribution is 0.0868. The third kappa shape index (κ3) is 2.00. The lowest BCUT2D eigenvalue weighted by Crippen LogP contribution is -2.31. The quantitative estimate of drug-likeness (QED) is 0.861. The topological polar surface area (TPSA) is 61.5 Å². The zero-order valence-corrected chi connectivity index (χ0v) is 12.5. The molecular weight excluding hydrogens is 278 g/mol. The van der Waals surface area contributed by atoms with E-state index in [4.69, 9.17) is 0 Å². The Morgan fingerprint density at radius 2 is 1.82 bits per heavy atom. The number of rotatable bonds is 5. The van der Waals surface area contributed by atoms with Crippen molar-refractivity contribution in [1.82, 2.24) is 14.7 Å². The van der Waals surface area contributed by atoms with Crippen LogP contribution in [0, 0.1) is 17.3 Å². The van der Waals surface area contributed by atoms with Crippen LogP contribution >= 0.6 is 0 Å². The molecule has 2 atom stereocenters. The molecule has 1 aromatic heterocycles. The highest BCUT2D eigenvalue weighted by Gasteiger charge is 2.67. The normalized spacial score (nSPS) is 26.1. The molecule has 5 heteroatoms. The number of hydrogen-bond acceptors (Lipinski definition) is 4.